The molecule has 0 radical (unpaired) electrons. The first-order chi connectivity index (χ1) is 16.3. The Bertz CT molecular complexity index is 1310. The van der Waals surface area contributed by atoms with E-state index in [0.29, 0.717) is 49.2 Å². The second kappa shape index (κ2) is 10.4. The maximum absolute atomic E-state index is 14.3. The first-order valence-corrected chi connectivity index (χ1v) is 12.0. The van der Waals surface area contributed by atoms with Gasteiger partial charge in [-0.1, -0.05) is 47.1 Å². The number of hydrogen-bond donors (Lipinski definition) is 1. The number of aliphatic hydroxyl groups is 1. The quantitative estimate of drug-likeness (QED) is 0.263. The van der Waals surface area contributed by atoms with Crippen LogP contribution in [0.1, 0.15) is 28.6 Å². The van der Waals surface area contributed by atoms with Gasteiger partial charge in [0, 0.05) is 22.0 Å². The van der Waals surface area contributed by atoms with Crippen molar-refractivity contribution in [2.24, 2.45) is 0 Å². The van der Waals surface area contributed by atoms with Gasteiger partial charge in [-0.2, -0.15) is 0 Å². The standard InChI is InChI=1S/C25H20Cl2F2N2O2S/c1-14-23(24(32)15-6-11-20(27)22(12-15)33-2)31(17-9-7-16(28)8-10-17)25(30-14)34-13-18-19(26)4-3-5-21(18)29/h3-12,24,32H,13H2,1-2H3. The highest BCUT2D eigenvalue weighted by atomic mass is 35.5. The lowest BCUT2D eigenvalue weighted by Gasteiger charge is -2.18. The summed E-state index contributed by atoms with van der Waals surface area (Å²) in [5.74, 6) is -0.164. The number of thioether (sulfide) groups is 1. The molecule has 0 saturated carbocycles. The Morgan fingerprint density at radius 1 is 1.06 bits per heavy atom. The van der Waals surface area contributed by atoms with Crippen LogP contribution in [0.25, 0.3) is 5.69 Å². The van der Waals surface area contributed by atoms with Crippen molar-refractivity contribution in [1.82, 2.24) is 9.55 Å². The van der Waals surface area contributed by atoms with Crippen molar-refractivity contribution >= 4 is 35.0 Å². The molecule has 4 aromatic rings. The van der Waals surface area contributed by atoms with Gasteiger partial charge >= 0.3 is 0 Å². The molecule has 0 saturated heterocycles. The number of halogens is 4. The topological polar surface area (TPSA) is 47.3 Å². The summed E-state index contributed by atoms with van der Waals surface area (Å²) < 4.78 is 35.0. The summed E-state index contributed by atoms with van der Waals surface area (Å²) in [7, 11) is 1.49. The Kier molecular flexibility index (Phi) is 7.48. The summed E-state index contributed by atoms with van der Waals surface area (Å²) in [6, 6.07) is 15.4. The minimum absolute atomic E-state index is 0.216. The van der Waals surface area contributed by atoms with Crippen molar-refractivity contribution in [2.45, 2.75) is 23.9 Å². The van der Waals surface area contributed by atoms with E-state index in [9.17, 15) is 13.9 Å². The Hall–Kier alpha value is -2.58. The first kappa shape index (κ1) is 24.5. The van der Waals surface area contributed by atoms with Crippen LogP contribution in [-0.2, 0) is 5.75 Å². The normalized spacial score (nSPS) is 12.1. The zero-order valence-corrected chi connectivity index (χ0v) is 20.6. The highest BCUT2D eigenvalue weighted by Gasteiger charge is 2.25. The van der Waals surface area contributed by atoms with E-state index in [2.05, 4.69) is 4.98 Å². The number of benzene rings is 3. The van der Waals surface area contributed by atoms with E-state index in [0.717, 1.165) is 0 Å². The number of aliphatic hydroxyl groups excluding tert-OH is 1. The zero-order valence-electron chi connectivity index (χ0n) is 18.2. The molecule has 4 rings (SSSR count). The molecule has 1 atom stereocenters. The van der Waals surface area contributed by atoms with Gasteiger partial charge in [-0.05, 0) is 61.0 Å². The van der Waals surface area contributed by atoms with Crippen LogP contribution in [0.3, 0.4) is 0 Å². The molecule has 3 aromatic carbocycles. The second-order valence-corrected chi connectivity index (χ2v) is 9.22. The molecule has 0 aliphatic rings. The second-order valence-electron chi connectivity index (χ2n) is 7.46. The molecule has 34 heavy (non-hydrogen) atoms. The van der Waals surface area contributed by atoms with Gasteiger partial charge in [-0.15, -0.1) is 0 Å². The molecule has 0 spiro atoms. The third-order valence-electron chi connectivity index (χ3n) is 5.31. The summed E-state index contributed by atoms with van der Waals surface area (Å²) in [6.45, 7) is 1.77. The van der Waals surface area contributed by atoms with E-state index >= 15 is 0 Å². The molecule has 1 heterocycles. The molecule has 1 N–H and O–H groups in total. The Labute approximate surface area is 210 Å². The highest BCUT2D eigenvalue weighted by Crippen LogP contribution is 2.37. The lowest BCUT2D eigenvalue weighted by molar-refractivity contribution is 0.211. The predicted molar refractivity (Wildman–Crippen MR) is 131 cm³/mol. The zero-order chi connectivity index (χ0) is 24.4. The van der Waals surface area contributed by atoms with Gasteiger partial charge in [-0.3, -0.25) is 4.57 Å². The van der Waals surface area contributed by atoms with Gasteiger partial charge in [0.1, 0.15) is 23.5 Å². The lowest BCUT2D eigenvalue weighted by atomic mass is 10.0. The summed E-state index contributed by atoms with van der Waals surface area (Å²) >= 11 is 13.6. The number of imidazole rings is 1. The summed E-state index contributed by atoms with van der Waals surface area (Å²) in [4.78, 5) is 4.64. The average molecular weight is 521 g/mol. The minimum Gasteiger partial charge on any atom is -0.495 e. The van der Waals surface area contributed by atoms with E-state index in [1.54, 1.807) is 54.0 Å². The van der Waals surface area contributed by atoms with Crippen LogP contribution in [0.15, 0.2) is 65.8 Å². The van der Waals surface area contributed by atoms with Crippen molar-refractivity contribution in [3.63, 3.8) is 0 Å². The van der Waals surface area contributed by atoms with Gasteiger partial charge in [0.2, 0.25) is 0 Å². The van der Waals surface area contributed by atoms with E-state index < -0.39 is 17.7 Å². The first-order valence-electron chi connectivity index (χ1n) is 10.2. The molecule has 1 aromatic heterocycles. The molecule has 1 unspecified atom stereocenters. The maximum Gasteiger partial charge on any atom is 0.173 e. The van der Waals surface area contributed by atoms with Crippen molar-refractivity contribution < 1.29 is 18.6 Å². The number of aryl methyl sites for hydroxylation is 1. The highest BCUT2D eigenvalue weighted by molar-refractivity contribution is 7.98. The van der Waals surface area contributed by atoms with E-state index in [4.69, 9.17) is 27.9 Å². The van der Waals surface area contributed by atoms with Crippen LogP contribution in [0.4, 0.5) is 8.78 Å². The van der Waals surface area contributed by atoms with Crippen molar-refractivity contribution in [3.8, 4) is 11.4 Å². The Morgan fingerprint density at radius 3 is 2.47 bits per heavy atom. The third kappa shape index (κ3) is 4.93. The van der Waals surface area contributed by atoms with E-state index in [1.165, 1.54) is 37.1 Å². The van der Waals surface area contributed by atoms with Gasteiger partial charge in [0.15, 0.2) is 5.16 Å². The predicted octanol–water partition coefficient (Wildman–Crippen LogP) is 7.15. The van der Waals surface area contributed by atoms with Crippen LogP contribution < -0.4 is 4.74 Å². The fraction of sp³-hybridized carbons (Fsp3) is 0.160. The molecule has 4 nitrogen and oxygen atoms in total. The van der Waals surface area contributed by atoms with Crippen molar-refractivity contribution in [1.29, 1.82) is 0 Å². The minimum atomic E-state index is -1.09. The molecular formula is C25H20Cl2F2N2O2S. The number of rotatable bonds is 7. The van der Waals surface area contributed by atoms with Crippen molar-refractivity contribution in [2.75, 3.05) is 7.11 Å². The van der Waals surface area contributed by atoms with Crippen LogP contribution in [0.5, 0.6) is 5.75 Å². The molecular weight excluding hydrogens is 501 g/mol. The van der Waals surface area contributed by atoms with Gasteiger partial charge < -0.3 is 9.84 Å². The fourth-order valence-corrected chi connectivity index (χ4v) is 5.19. The largest absolute Gasteiger partial charge is 0.495 e. The van der Waals surface area contributed by atoms with E-state index in [1.807, 2.05) is 0 Å². The van der Waals surface area contributed by atoms with Gasteiger partial charge in [0.25, 0.3) is 0 Å². The lowest BCUT2D eigenvalue weighted by Crippen LogP contribution is -2.10. The third-order valence-corrected chi connectivity index (χ3v) is 6.94. The molecule has 0 aliphatic carbocycles. The molecule has 0 fully saturated rings. The number of ether oxygens (including phenoxy) is 1. The van der Waals surface area contributed by atoms with Gasteiger partial charge in [-0.25, -0.2) is 13.8 Å². The van der Waals surface area contributed by atoms with Crippen LogP contribution in [-0.4, -0.2) is 21.8 Å². The van der Waals surface area contributed by atoms with Crippen LogP contribution in [0, 0.1) is 18.6 Å². The van der Waals surface area contributed by atoms with Crippen molar-refractivity contribution in [3.05, 3.63) is 105 Å². The molecule has 9 heteroatoms. The average Bonchev–Trinajstić information content (AvgIpc) is 3.15. The SMILES string of the molecule is COc1cc(C(O)c2c(C)nc(SCc3c(F)cccc3Cl)n2-c2ccc(F)cc2)ccc1Cl. The fourth-order valence-electron chi connectivity index (χ4n) is 3.58. The summed E-state index contributed by atoms with van der Waals surface area (Å²) in [5, 5.41) is 12.6. The molecule has 176 valence electrons. The molecule has 0 bridgehead atoms. The van der Waals surface area contributed by atoms with E-state index in [-0.39, 0.29) is 5.75 Å². The summed E-state index contributed by atoms with van der Waals surface area (Å²) in [6.07, 6.45) is -1.09. The molecule has 0 aliphatic heterocycles. The number of nitrogens with zero attached hydrogens (tertiary/aromatic N) is 2. The smallest absolute Gasteiger partial charge is 0.173 e. The Morgan fingerprint density at radius 2 is 1.79 bits per heavy atom. The number of hydrogen-bond acceptors (Lipinski definition) is 4. The van der Waals surface area contributed by atoms with Gasteiger partial charge in [0.05, 0.1) is 23.5 Å². The molecule has 0 amide bonds. The van der Waals surface area contributed by atoms with Crippen LogP contribution >= 0.6 is 35.0 Å². The Balaban J connectivity index is 1.80. The van der Waals surface area contributed by atoms with Crippen LogP contribution in [0.2, 0.25) is 10.0 Å². The summed E-state index contributed by atoms with van der Waals surface area (Å²) in [5.41, 5.74) is 2.54. The number of methoxy groups -OCH3 is 1. The monoisotopic (exact) mass is 520 g/mol. The number of aromatic nitrogens is 2. The maximum atomic E-state index is 14.3.